The summed E-state index contributed by atoms with van der Waals surface area (Å²) in [5.41, 5.74) is -0.563. The lowest BCUT2D eigenvalue weighted by Crippen LogP contribution is -2.40. The Kier molecular flexibility index (Phi) is 10.1. The molecule has 0 aromatic carbocycles. The second-order valence-corrected chi connectivity index (χ2v) is 14.3. The maximum atomic E-state index is 12.0. The first kappa shape index (κ1) is 25.1. The minimum absolute atomic E-state index is 0.0648. The molecule has 28 heavy (non-hydrogen) atoms. The quantitative estimate of drug-likeness (QED) is 0.228. The lowest BCUT2D eigenvalue weighted by molar-refractivity contribution is -0.112. The predicted molar refractivity (Wildman–Crippen MR) is 122 cm³/mol. The van der Waals surface area contributed by atoms with Gasteiger partial charge in [0.2, 0.25) is 0 Å². The molecule has 0 amide bonds. The molecule has 0 saturated heterocycles. The highest BCUT2D eigenvalue weighted by Gasteiger charge is 2.37. The van der Waals surface area contributed by atoms with Gasteiger partial charge in [0.15, 0.2) is 14.1 Å². The summed E-state index contributed by atoms with van der Waals surface area (Å²) in [6, 6.07) is 0. The molecule has 0 spiro atoms. The fourth-order valence-electron chi connectivity index (χ4n) is 3.10. The van der Waals surface area contributed by atoms with Crippen LogP contribution in [0.15, 0.2) is 36.0 Å². The van der Waals surface area contributed by atoms with E-state index in [2.05, 4.69) is 40.8 Å². The van der Waals surface area contributed by atoms with Gasteiger partial charge in [-0.05, 0) is 56.0 Å². The topological polar surface area (TPSA) is 46.5 Å². The summed E-state index contributed by atoms with van der Waals surface area (Å²) in [6.45, 7) is 14.4. The zero-order valence-corrected chi connectivity index (χ0v) is 20.0. The van der Waals surface area contributed by atoms with Gasteiger partial charge < -0.3 is 9.53 Å². The van der Waals surface area contributed by atoms with Crippen LogP contribution in [0.5, 0.6) is 0 Å². The molecule has 0 aromatic rings. The van der Waals surface area contributed by atoms with Gasteiger partial charge in [-0.3, -0.25) is 4.79 Å². The van der Waals surface area contributed by atoms with Crippen molar-refractivity contribution in [1.29, 1.82) is 0 Å². The molecule has 0 aromatic heterocycles. The van der Waals surface area contributed by atoms with E-state index in [4.69, 9.17) is 4.43 Å². The molecule has 0 radical (unpaired) electrons. The Balaban J connectivity index is 2.22. The van der Waals surface area contributed by atoms with Crippen LogP contribution in [-0.2, 0) is 9.22 Å². The van der Waals surface area contributed by atoms with Gasteiger partial charge in [0, 0.05) is 12.2 Å². The van der Waals surface area contributed by atoms with Gasteiger partial charge in [0.05, 0.1) is 0 Å². The molecule has 0 saturated carbocycles. The molecule has 0 heterocycles. The normalized spacial score (nSPS) is 22.1. The van der Waals surface area contributed by atoms with Crippen molar-refractivity contribution in [1.82, 2.24) is 0 Å². The van der Waals surface area contributed by atoms with E-state index < -0.39 is 13.9 Å². The lowest BCUT2D eigenvalue weighted by Gasteiger charge is -2.36. The van der Waals surface area contributed by atoms with E-state index in [0.717, 1.165) is 32.3 Å². The molecule has 1 aliphatic rings. The number of carbonyl (C=O) groups is 1. The minimum Gasteiger partial charge on any atom is -0.417 e. The zero-order valence-electron chi connectivity index (χ0n) is 19.0. The van der Waals surface area contributed by atoms with Crippen molar-refractivity contribution in [3.05, 3.63) is 36.0 Å². The largest absolute Gasteiger partial charge is 0.417 e. The zero-order chi connectivity index (χ0) is 21.3. The number of hydrogen-bond acceptors (Lipinski definition) is 3. The maximum Gasteiger partial charge on any atom is 0.191 e. The van der Waals surface area contributed by atoms with Gasteiger partial charge in [0.1, 0.15) is 5.60 Å². The highest BCUT2D eigenvalue weighted by molar-refractivity contribution is 6.74. The Morgan fingerprint density at radius 1 is 1.11 bits per heavy atom. The number of hydrogen-bond donors (Lipinski definition) is 1. The number of aliphatic hydroxyl groups is 1. The first-order chi connectivity index (χ1) is 13.0. The monoisotopic (exact) mass is 406 g/mol. The Morgan fingerprint density at radius 2 is 1.71 bits per heavy atom. The second-order valence-electron chi connectivity index (χ2n) is 9.52. The van der Waals surface area contributed by atoms with Crippen LogP contribution in [0.3, 0.4) is 0 Å². The van der Waals surface area contributed by atoms with Gasteiger partial charge in [-0.15, -0.1) is 0 Å². The molecule has 160 valence electrons. The number of allylic oxidation sites excluding steroid dienone is 4. The van der Waals surface area contributed by atoms with Crippen LogP contribution in [0.2, 0.25) is 18.1 Å². The van der Waals surface area contributed by atoms with Crippen molar-refractivity contribution in [2.24, 2.45) is 0 Å². The fraction of sp³-hybridized carbons (Fsp3) is 0.708. The van der Waals surface area contributed by atoms with E-state index in [0.29, 0.717) is 12.0 Å². The predicted octanol–water partition coefficient (Wildman–Crippen LogP) is 6.50. The molecular weight excluding hydrogens is 364 g/mol. The van der Waals surface area contributed by atoms with Crippen molar-refractivity contribution in [3.8, 4) is 0 Å². The van der Waals surface area contributed by atoms with Gasteiger partial charge >= 0.3 is 0 Å². The Morgan fingerprint density at radius 3 is 2.32 bits per heavy atom. The van der Waals surface area contributed by atoms with Crippen molar-refractivity contribution in [2.45, 2.75) is 103 Å². The summed E-state index contributed by atoms with van der Waals surface area (Å²) in [5, 5.41) is 11.1. The first-order valence-electron chi connectivity index (χ1n) is 11.0. The SMILES string of the molecule is CC/C=C/C=C1\C(=O)C=CC1(O)CCCCCCCCO[Si](C)(C)C(C)(C)C. The van der Waals surface area contributed by atoms with Crippen LogP contribution in [0.4, 0.5) is 0 Å². The maximum absolute atomic E-state index is 12.0. The minimum atomic E-state index is -1.61. The van der Waals surface area contributed by atoms with Crippen molar-refractivity contribution in [3.63, 3.8) is 0 Å². The molecule has 1 N–H and O–H groups in total. The van der Waals surface area contributed by atoms with Gasteiger partial charge in [0.25, 0.3) is 0 Å². The Labute approximate surface area is 174 Å². The van der Waals surface area contributed by atoms with Crippen LogP contribution in [-0.4, -0.2) is 31.4 Å². The van der Waals surface area contributed by atoms with Gasteiger partial charge in [-0.2, -0.15) is 0 Å². The highest BCUT2D eigenvalue weighted by Crippen LogP contribution is 2.36. The Bertz CT molecular complexity index is 581. The average molecular weight is 407 g/mol. The third-order valence-corrected chi connectivity index (χ3v) is 10.6. The molecule has 1 rings (SSSR count). The smallest absolute Gasteiger partial charge is 0.191 e. The summed E-state index contributed by atoms with van der Waals surface area (Å²) in [4.78, 5) is 12.0. The van der Waals surface area contributed by atoms with Crippen molar-refractivity contribution >= 4 is 14.1 Å². The van der Waals surface area contributed by atoms with Gasteiger partial charge in [-0.1, -0.05) is 71.6 Å². The Hall–Kier alpha value is -0.973. The molecule has 0 fully saturated rings. The van der Waals surface area contributed by atoms with Crippen LogP contribution in [0.1, 0.15) is 79.1 Å². The summed E-state index contributed by atoms with van der Waals surface area (Å²) in [6.07, 6.45) is 17.1. The molecular formula is C24H42O3Si. The second kappa shape index (κ2) is 11.3. The summed E-state index contributed by atoms with van der Waals surface area (Å²) in [5.74, 6) is -0.0648. The number of rotatable bonds is 12. The van der Waals surface area contributed by atoms with E-state index in [1.54, 1.807) is 12.2 Å². The van der Waals surface area contributed by atoms with E-state index in [1.807, 2.05) is 12.2 Å². The standard InChI is InChI=1S/C24H42O3Si/c1-7-8-13-16-21-22(25)17-19-24(21,26)18-14-11-9-10-12-15-20-27-28(5,6)23(2,3)4/h8,13,16-17,19,26H,7,9-12,14-15,18,20H2,1-6H3/b13-8+,21-16+. The molecule has 1 aliphatic carbocycles. The van der Waals surface area contributed by atoms with Crippen molar-refractivity contribution < 1.29 is 14.3 Å². The van der Waals surface area contributed by atoms with E-state index in [1.165, 1.54) is 25.3 Å². The summed E-state index contributed by atoms with van der Waals surface area (Å²) in [7, 11) is -1.61. The van der Waals surface area contributed by atoms with Gasteiger partial charge in [-0.25, -0.2) is 0 Å². The van der Waals surface area contributed by atoms with Crippen LogP contribution >= 0.6 is 0 Å². The number of ketones is 1. The number of unbranched alkanes of at least 4 members (excludes halogenated alkanes) is 5. The highest BCUT2D eigenvalue weighted by atomic mass is 28.4. The molecule has 1 unspecified atom stereocenters. The van der Waals surface area contributed by atoms with E-state index in [9.17, 15) is 9.90 Å². The molecule has 0 aliphatic heterocycles. The van der Waals surface area contributed by atoms with E-state index >= 15 is 0 Å². The molecule has 0 bridgehead atoms. The molecule has 1 atom stereocenters. The third kappa shape index (κ3) is 7.80. The summed E-state index contributed by atoms with van der Waals surface area (Å²) >= 11 is 0. The van der Waals surface area contributed by atoms with E-state index in [-0.39, 0.29) is 10.8 Å². The molecule has 3 nitrogen and oxygen atoms in total. The molecule has 4 heteroatoms. The third-order valence-electron chi connectivity index (χ3n) is 6.10. The number of carbonyl (C=O) groups excluding carboxylic acids is 1. The average Bonchev–Trinajstić information content (AvgIpc) is 2.88. The first-order valence-corrected chi connectivity index (χ1v) is 13.9. The summed E-state index contributed by atoms with van der Waals surface area (Å²) < 4.78 is 6.22. The van der Waals surface area contributed by atoms with Crippen LogP contribution < -0.4 is 0 Å². The lowest BCUT2D eigenvalue weighted by atomic mass is 9.90. The van der Waals surface area contributed by atoms with Crippen molar-refractivity contribution in [2.75, 3.05) is 6.61 Å². The van der Waals surface area contributed by atoms with Crippen LogP contribution in [0, 0.1) is 0 Å². The fourth-order valence-corrected chi connectivity index (χ4v) is 4.19. The van der Waals surface area contributed by atoms with Crippen LogP contribution in [0.25, 0.3) is 0 Å².